The van der Waals surface area contributed by atoms with Crippen molar-refractivity contribution in [3.05, 3.63) is 113 Å². The lowest BCUT2D eigenvalue weighted by molar-refractivity contribution is -0.176. The van der Waals surface area contributed by atoms with Gasteiger partial charge in [-0.3, -0.25) is 19.2 Å². The first-order chi connectivity index (χ1) is 19.8. The lowest BCUT2D eigenvalue weighted by Crippen LogP contribution is -2.29. The largest absolute Gasteiger partial charge is 0.435 e. The quantitative estimate of drug-likeness (QED) is 0.0704. The third kappa shape index (κ3) is 9.42. The van der Waals surface area contributed by atoms with Gasteiger partial charge >= 0.3 is 5.97 Å². The van der Waals surface area contributed by atoms with Crippen molar-refractivity contribution >= 4 is 35.2 Å². The van der Waals surface area contributed by atoms with Crippen LogP contribution in [0.15, 0.2) is 78.9 Å². The van der Waals surface area contributed by atoms with Crippen LogP contribution in [0, 0.1) is 16.6 Å². The molecule has 1 atom stereocenters. The lowest BCUT2D eigenvalue weighted by Gasteiger charge is -2.20. The summed E-state index contributed by atoms with van der Waals surface area (Å²) in [6.45, 7) is 5.34. The fourth-order valence-electron chi connectivity index (χ4n) is 3.68. The summed E-state index contributed by atoms with van der Waals surface area (Å²) < 4.78 is 17.9. The van der Waals surface area contributed by atoms with Gasteiger partial charge in [0, 0.05) is 29.5 Å². The van der Waals surface area contributed by atoms with E-state index in [9.17, 15) is 28.7 Å². The van der Waals surface area contributed by atoms with E-state index >= 15 is 0 Å². The van der Waals surface area contributed by atoms with Crippen LogP contribution in [0.1, 0.15) is 64.6 Å². The van der Waals surface area contributed by atoms with Gasteiger partial charge in [0.1, 0.15) is 5.82 Å². The first-order valence-corrected chi connectivity index (χ1v) is 13.3. The molecule has 1 amide bonds. The Balaban J connectivity index is 1.51. The van der Waals surface area contributed by atoms with Gasteiger partial charge in [-0.25, -0.2) is 4.39 Å². The van der Waals surface area contributed by atoms with E-state index in [4.69, 9.17) is 10.1 Å². The SMILES string of the molecule is CC(C)(C)C(=O)OC(O)CC(=N)c1ccc(C(=O)C(=O)c2ccc(/C=C/C(=O)NCCc3ccc(F)cc3)cc2)cc1. The smallest absolute Gasteiger partial charge is 0.313 e. The summed E-state index contributed by atoms with van der Waals surface area (Å²) >= 11 is 0. The molecule has 0 bridgehead atoms. The Hall–Kier alpha value is -4.76. The van der Waals surface area contributed by atoms with Crippen LogP contribution in [0.5, 0.6) is 0 Å². The summed E-state index contributed by atoms with van der Waals surface area (Å²) in [5.74, 6) is -2.64. The molecule has 9 heteroatoms. The molecule has 0 saturated carbocycles. The second-order valence-electron chi connectivity index (χ2n) is 10.7. The first kappa shape index (κ1) is 31.8. The van der Waals surface area contributed by atoms with E-state index in [-0.39, 0.29) is 35.0 Å². The van der Waals surface area contributed by atoms with Crippen LogP contribution in [0.3, 0.4) is 0 Å². The van der Waals surface area contributed by atoms with Crippen LogP contribution in [-0.2, 0) is 20.7 Å². The maximum Gasteiger partial charge on any atom is 0.313 e. The Morgan fingerprint density at radius 2 is 1.40 bits per heavy atom. The van der Waals surface area contributed by atoms with Crippen molar-refractivity contribution in [2.45, 2.75) is 39.9 Å². The van der Waals surface area contributed by atoms with E-state index in [0.29, 0.717) is 24.1 Å². The monoisotopic (exact) mass is 572 g/mol. The Morgan fingerprint density at radius 1 is 0.881 bits per heavy atom. The maximum absolute atomic E-state index is 13.0. The van der Waals surface area contributed by atoms with Gasteiger partial charge in [-0.15, -0.1) is 0 Å². The average Bonchev–Trinajstić information content (AvgIpc) is 2.96. The number of rotatable bonds is 12. The number of aliphatic hydroxyl groups excluding tert-OH is 1. The van der Waals surface area contributed by atoms with E-state index in [2.05, 4.69) is 5.32 Å². The van der Waals surface area contributed by atoms with Crippen LogP contribution in [0.25, 0.3) is 6.08 Å². The highest BCUT2D eigenvalue weighted by Gasteiger charge is 2.26. The number of halogens is 1. The molecule has 0 aromatic heterocycles. The van der Waals surface area contributed by atoms with Crippen LogP contribution < -0.4 is 5.32 Å². The number of nitrogens with one attached hydrogen (secondary N) is 2. The standard InChI is InChI=1S/C33H33FN2O6/c1-33(2,3)32(41)42-29(38)20-27(35)23-11-13-25(14-12-23)31(40)30(39)24-9-4-21(5-10-24)8-17-28(37)36-19-18-22-6-15-26(34)16-7-22/h4-17,29,35,38H,18-20H2,1-3H3,(H,36,37)/b17-8+,35-27?. The van der Waals surface area contributed by atoms with Crippen molar-refractivity contribution in [2.75, 3.05) is 6.54 Å². The number of hydrogen-bond donors (Lipinski definition) is 3. The summed E-state index contributed by atoms with van der Waals surface area (Å²) in [5, 5.41) is 20.9. The van der Waals surface area contributed by atoms with Crippen molar-refractivity contribution in [3.63, 3.8) is 0 Å². The second kappa shape index (κ2) is 14.2. The molecule has 0 spiro atoms. The van der Waals surface area contributed by atoms with Crippen LogP contribution in [0.2, 0.25) is 0 Å². The molecule has 1 unspecified atom stereocenters. The number of carbonyl (C=O) groups is 4. The first-order valence-electron chi connectivity index (χ1n) is 13.3. The van der Waals surface area contributed by atoms with Gasteiger partial charge in [-0.1, -0.05) is 60.7 Å². The number of carbonyl (C=O) groups excluding carboxylic acids is 4. The van der Waals surface area contributed by atoms with E-state index in [1.165, 1.54) is 54.6 Å². The van der Waals surface area contributed by atoms with E-state index in [1.54, 1.807) is 51.1 Å². The minimum Gasteiger partial charge on any atom is -0.435 e. The Labute approximate surface area is 243 Å². The van der Waals surface area contributed by atoms with Crippen molar-refractivity contribution in [3.8, 4) is 0 Å². The third-order valence-corrected chi connectivity index (χ3v) is 6.16. The number of ether oxygens (including phenoxy) is 1. The number of esters is 1. The molecule has 0 heterocycles. The molecule has 0 aliphatic carbocycles. The third-order valence-electron chi connectivity index (χ3n) is 6.16. The Morgan fingerprint density at radius 3 is 1.95 bits per heavy atom. The molecule has 3 aromatic rings. The van der Waals surface area contributed by atoms with Gasteiger partial charge in [0.15, 0.2) is 0 Å². The van der Waals surface area contributed by atoms with Gasteiger partial charge in [-0.2, -0.15) is 0 Å². The maximum atomic E-state index is 13.0. The van der Waals surface area contributed by atoms with Crippen molar-refractivity contribution in [1.29, 1.82) is 5.41 Å². The highest BCUT2D eigenvalue weighted by atomic mass is 19.1. The summed E-state index contributed by atoms with van der Waals surface area (Å²) in [6.07, 6.45) is 1.80. The molecule has 3 N–H and O–H groups in total. The molecule has 0 fully saturated rings. The molecule has 0 saturated heterocycles. The zero-order valence-electron chi connectivity index (χ0n) is 23.6. The van der Waals surface area contributed by atoms with Crippen molar-refractivity contribution < 1.29 is 33.4 Å². The predicted molar refractivity (Wildman–Crippen MR) is 157 cm³/mol. The normalized spacial score (nSPS) is 12.0. The molecule has 0 radical (unpaired) electrons. The number of amides is 1. The zero-order chi connectivity index (χ0) is 30.9. The topological polar surface area (TPSA) is 134 Å². The molecule has 8 nitrogen and oxygen atoms in total. The highest BCUT2D eigenvalue weighted by Crippen LogP contribution is 2.18. The molecule has 0 aliphatic heterocycles. The number of Topliss-reactive ketones (excluding diaryl/α,β-unsaturated/α-hetero) is 2. The minimum atomic E-state index is -1.48. The minimum absolute atomic E-state index is 0.000242. The van der Waals surface area contributed by atoms with Crippen molar-refractivity contribution in [2.24, 2.45) is 5.41 Å². The molecule has 218 valence electrons. The molecule has 0 aliphatic rings. The van der Waals surface area contributed by atoms with Gasteiger partial charge in [0.25, 0.3) is 0 Å². The van der Waals surface area contributed by atoms with Crippen LogP contribution >= 0.6 is 0 Å². The fourth-order valence-corrected chi connectivity index (χ4v) is 3.68. The summed E-state index contributed by atoms with van der Waals surface area (Å²) in [7, 11) is 0. The average molecular weight is 573 g/mol. The van der Waals surface area contributed by atoms with Crippen LogP contribution in [-0.4, -0.2) is 47.1 Å². The van der Waals surface area contributed by atoms with Gasteiger partial charge in [0.05, 0.1) is 11.8 Å². The number of benzene rings is 3. The molecular weight excluding hydrogens is 539 g/mol. The fraction of sp³-hybridized carbons (Fsp3) is 0.242. The number of aliphatic hydroxyl groups is 1. The zero-order valence-corrected chi connectivity index (χ0v) is 23.6. The van der Waals surface area contributed by atoms with E-state index in [0.717, 1.165) is 5.56 Å². The molecule has 42 heavy (non-hydrogen) atoms. The van der Waals surface area contributed by atoms with E-state index < -0.39 is 29.2 Å². The Kier molecular flexibility index (Phi) is 10.8. The van der Waals surface area contributed by atoms with E-state index in [1.807, 2.05) is 0 Å². The predicted octanol–water partition coefficient (Wildman–Crippen LogP) is 4.93. The summed E-state index contributed by atoms with van der Waals surface area (Å²) in [4.78, 5) is 49.5. The molecule has 3 rings (SSSR count). The van der Waals surface area contributed by atoms with Gasteiger partial charge in [-0.05, 0) is 62.1 Å². The molecular formula is C33H33FN2O6. The van der Waals surface area contributed by atoms with Crippen LogP contribution in [0.4, 0.5) is 4.39 Å². The Bertz CT molecular complexity index is 1470. The number of hydrogen-bond acceptors (Lipinski definition) is 7. The van der Waals surface area contributed by atoms with Crippen molar-refractivity contribution in [1.82, 2.24) is 5.32 Å². The number of ketones is 2. The summed E-state index contributed by atoms with van der Waals surface area (Å²) in [5.41, 5.74) is 1.49. The highest BCUT2D eigenvalue weighted by molar-refractivity contribution is 6.49. The lowest BCUT2D eigenvalue weighted by atomic mass is 9.97. The second-order valence-corrected chi connectivity index (χ2v) is 10.7. The molecule has 3 aromatic carbocycles. The van der Waals surface area contributed by atoms with Gasteiger partial charge in [0.2, 0.25) is 23.8 Å². The van der Waals surface area contributed by atoms with Gasteiger partial charge < -0.3 is 20.6 Å². The summed E-state index contributed by atoms with van der Waals surface area (Å²) in [6, 6.07) is 18.1.